The van der Waals surface area contributed by atoms with Crippen molar-refractivity contribution in [1.82, 2.24) is 15.2 Å². The quantitative estimate of drug-likeness (QED) is 0.601. The number of hydrogen-bond acceptors (Lipinski definition) is 7. The Kier molecular flexibility index (Phi) is 7.14. The molecule has 2 aromatic rings. The molecular formula is C21H21N3O6S. The fraction of sp³-hybridized carbons (Fsp3) is 0.238. The molecule has 1 aliphatic rings. The number of hydrogen-bond donors (Lipinski definition) is 2. The van der Waals surface area contributed by atoms with Crippen LogP contribution in [0.1, 0.15) is 22.8 Å². The highest BCUT2D eigenvalue weighted by Gasteiger charge is 2.34. The van der Waals surface area contributed by atoms with Crippen LogP contribution in [0.25, 0.3) is 6.08 Å². The standard InChI is InChI=1S/C21H21N3O6S/c1-3-30-15-6-4-13(10-16(15)29-2)11-17-20(27)24(21(28)31-17)9-8-22-19(26)14-5-7-18(25)23-12-14/h4-7,10-12H,3,8-9H2,1-2H3,(H,22,26)(H,23,25)/b17-11-. The largest absolute Gasteiger partial charge is 0.493 e. The molecule has 10 heteroatoms. The van der Waals surface area contributed by atoms with Crippen LogP contribution in [0, 0.1) is 0 Å². The molecule has 0 atom stereocenters. The van der Waals surface area contributed by atoms with Crippen LogP contribution in [0.3, 0.4) is 0 Å². The van der Waals surface area contributed by atoms with E-state index in [1.807, 2.05) is 6.92 Å². The summed E-state index contributed by atoms with van der Waals surface area (Å²) in [6.07, 6.45) is 2.91. The van der Waals surface area contributed by atoms with Gasteiger partial charge in [-0.25, -0.2) is 0 Å². The Hall–Kier alpha value is -3.53. The van der Waals surface area contributed by atoms with Crippen LogP contribution in [-0.4, -0.2) is 53.7 Å². The van der Waals surface area contributed by atoms with Gasteiger partial charge in [0, 0.05) is 25.4 Å². The molecule has 1 aliphatic heterocycles. The third-order valence-electron chi connectivity index (χ3n) is 4.33. The summed E-state index contributed by atoms with van der Waals surface area (Å²) in [7, 11) is 1.52. The van der Waals surface area contributed by atoms with Crippen LogP contribution >= 0.6 is 11.8 Å². The highest BCUT2D eigenvalue weighted by molar-refractivity contribution is 8.18. The van der Waals surface area contributed by atoms with E-state index >= 15 is 0 Å². The number of carbonyl (C=O) groups excluding carboxylic acids is 3. The summed E-state index contributed by atoms with van der Waals surface area (Å²) in [4.78, 5) is 51.8. The lowest BCUT2D eigenvalue weighted by Crippen LogP contribution is -2.37. The topological polar surface area (TPSA) is 118 Å². The number of amides is 3. The number of carbonyl (C=O) groups is 3. The van der Waals surface area contributed by atoms with E-state index in [1.54, 1.807) is 24.3 Å². The second kappa shape index (κ2) is 9.98. The minimum absolute atomic E-state index is 0.0314. The van der Waals surface area contributed by atoms with E-state index in [4.69, 9.17) is 9.47 Å². The van der Waals surface area contributed by atoms with Gasteiger partial charge in [0.05, 0.1) is 24.2 Å². The molecule has 1 aromatic heterocycles. The number of benzene rings is 1. The lowest BCUT2D eigenvalue weighted by atomic mass is 10.2. The lowest BCUT2D eigenvalue weighted by molar-refractivity contribution is -0.122. The molecule has 3 amide bonds. The Morgan fingerprint density at radius 2 is 2.00 bits per heavy atom. The number of aromatic amines is 1. The first-order valence-electron chi connectivity index (χ1n) is 9.46. The summed E-state index contributed by atoms with van der Waals surface area (Å²) < 4.78 is 10.8. The molecule has 1 saturated heterocycles. The van der Waals surface area contributed by atoms with E-state index in [1.165, 1.54) is 25.4 Å². The molecule has 0 saturated carbocycles. The number of H-pyrrole nitrogens is 1. The van der Waals surface area contributed by atoms with Gasteiger partial charge in [-0.1, -0.05) is 6.07 Å². The van der Waals surface area contributed by atoms with Gasteiger partial charge in [0.15, 0.2) is 11.5 Å². The second-order valence-electron chi connectivity index (χ2n) is 6.37. The molecule has 2 heterocycles. The first-order chi connectivity index (χ1) is 14.9. The molecule has 9 nitrogen and oxygen atoms in total. The zero-order chi connectivity index (χ0) is 22.4. The predicted octanol–water partition coefficient (Wildman–Crippen LogP) is 2.25. The van der Waals surface area contributed by atoms with Gasteiger partial charge in [0.2, 0.25) is 5.56 Å². The molecule has 162 valence electrons. The summed E-state index contributed by atoms with van der Waals surface area (Å²) in [6, 6.07) is 7.87. The molecule has 0 radical (unpaired) electrons. The van der Waals surface area contributed by atoms with E-state index in [9.17, 15) is 19.2 Å². The van der Waals surface area contributed by atoms with E-state index in [0.29, 0.717) is 23.7 Å². The van der Waals surface area contributed by atoms with Crippen LogP contribution in [0.15, 0.2) is 46.2 Å². The monoisotopic (exact) mass is 443 g/mol. The average molecular weight is 443 g/mol. The van der Waals surface area contributed by atoms with Crippen molar-refractivity contribution in [2.24, 2.45) is 0 Å². The first-order valence-corrected chi connectivity index (χ1v) is 10.3. The van der Waals surface area contributed by atoms with Gasteiger partial charge in [-0.05, 0) is 48.5 Å². The highest BCUT2D eigenvalue weighted by atomic mass is 32.2. The Morgan fingerprint density at radius 3 is 2.68 bits per heavy atom. The smallest absolute Gasteiger partial charge is 0.293 e. The predicted molar refractivity (Wildman–Crippen MR) is 116 cm³/mol. The molecular weight excluding hydrogens is 422 g/mol. The number of aromatic nitrogens is 1. The lowest BCUT2D eigenvalue weighted by Gasteiger charge is -2.13. The number of rotatable bonds is 8. The molecule has 0 spiro atoms. The van der Waals surface area contributed by atoms with Gasteiger partial charge < -0.3 is 19.8 Å². The zero-order valence-corrected chi connectivity index (χ0v) is 17.8. The number of ether oxygens (including phenoxy) is 2. The number of nitrogens with zero attached hydrogens (tertiary/aromatic N) is 1. The van der Waals surface area contributed by atoms with Crippen LogP contribution in [-0.2, 0) is 4.79 Å². The molecule has 1 aromatic carbocycles. The molecule has 0 bridgehead atoms. The van der Waals surface area contributed by atoms with Crippen molar-refractivity contribution in [1.29, 1.82) is 0 Å². The van der Waals surface area contributed by atoms with Crippen LogP contribution < -0.4 is 20.3 Å². The summed E-state index contributed by atoms with van der Waals surface area (Å²) in [5, 5.41) is 2.21. The maximum Gasteiger partial charge on any atom is 0.293 e. The summed E-state index contributed by atoms with van der Waals surface area (Å²) in [5.41, 5.74) is 0.654. The van der Waals surface area contributed by atoms with Gasteiger partial charge in [-0.15, -0.1) is 0 Å². The third kappa shape index (κ3) is 5.34. The molecule has 3 rings (SSSR count). The van der Waals surface area contributed by atoms with Gasteiger partial charge in [0.25, 0.3) is 17.1 Å². The summed E-state index contributed by atoms with van der Waals surface area (Å²) >= 11 is 0.835. The molecule has 0 aliphatic carbocycles. The molecule has 2 N–H and O–H groups in total. The normalized spacial score (nSPS) is 14.8. The van der Waals surface area contributed by atoms with Crippen molar-refractivity contribution < 1.29 is 23.9 Å². The van der Waals surface area contributed by atoms with E-state index in [2.05, 4.69) is 10.3 Å². The maximum atomic E-state index is 12.6. The van der Waals surface area contributed by atoms with Crippen LogP contribution in [0.5, 0.6) is 11.5 Å². The molecule has 1 fully saturated rings. The maximum absolute atomic E-state index is 12.6. The fourth-order valence-corrected chi connectivity index (χ4v) is 3.69. The van der Waals surface area contributed by atoms with Crippen molar-refractivity contribution >= 4 is 34.9 Å². The Balaban J connectivity index is 1.63. The second-order valence-corrected chi connectivity index (χ2v) is 7.37. The van der Waals surface area contributed by atoms with E-state index in [0.717, 1.165) is 16.7 Å². The number of imide groups is 1. The Morgan fingerprint density at radius 1 is 1.19 bits per heavy atom. The average Bonchev–Trinajstić information content (AvgIpc) is 3.02. The zero-order valence-electron chi connectivity index (χ0n) is 17.0. The van der Waals surface area contributed by atoms with Crippen molar-refractivity contribution in [3.05, 3.63) is 62.9 Å². The number of pyridine rings is 1. The number of thioether (sulfide) groups is 1. The number of nitrogens with one attached hydrogen (secondary N) is 2. The first kappa shape index (κ1) is 22.2. The SMILES string of the molecule is CCOc1ccc(/C=C2\SC(=O)N(CCNC(=O)c3ccc(=O)[nH]c3)C2=O)cc1OC. The molecule has 31 heavy (non-hydrogen) atoms. The molecule has 0 unspecified atom stereocenters. The van der Waals surface area contributed by atoms with E-state index < -0.39 is 17.1 Å². The summed E-state index contributed by atoms with van der Waals surface area (Å²) in [6.45, 7) is 2.48. The fourth-order valence-electron chi connectivity index (χ4n) is 2.83. The van der Waals surface area contributed by atoms with Crippen molar-refractivity contribution in [3.63, 3.8) is 0 Å². The van der Waals surface area contributed by atoms with Crippen molar-refractivity contribution in [2.45, 2.75) is 6.92 Å². The van der Waals surface area contributed by atoms with Crippen LogP contribution in [0.4, 0.5) is 4.79 Å². The minimum Gasteiger partial charge on any atom is -0.493 e. The Labute approximate surface area is 182 Å². The van der Waals surface area contributed by atoms with E-state index in [-0.39, 0.29) is 29.1 Å². The highest BCUT2D eigenvalue weighted by Crippen LogP contribution is 2.34. The van der Waals surface area contributed by atoms with Gasteiger partial charge in [0.1, 0.15) is 0 Å². The third-order valence-corrected chi connectivity index (χ3v) is 5.23. The minimum atomic E-state index is -0.429. The van der Waals surface area contributed by atoms with Gasteiger partial charge in [-0.2, -0.15) is 0 Å². The van der Waals surface area contributed by atoms with Gasteiger partial charge in [-0.3, -0.25) is 24.1 Å². The van der Waals surface area contributed by atoms with Crippen LogP contribution in [0.2, 0.25) is 0 Å². The Bertz CT molecular complexity index is 1070. The van der Waals surface area contributed by atoms with Crippen molar-refractivity contribution in [2.75, 3.05) is 26.8 Å². The van der Waals surface area contributed by atoms with Crippen molar-refractivity contribution in [3.8, 4) is 11.5 Å². The number of methoxy groups -OCH3 is 1. The van der Waals surface area contributed by atoms with Gasteiger partial charge >= 0.3 is 0 Å². The summed E-state index contributed by atoms with van der Waals surface area (Å²) in [5.74, 6) is 0.273.